The molecule has 0 aromatic carbocycles. The highest BCUT2D eigenvalue weighted by molar-refractivity contribution is 6.11. The average molecular weight is 445 g/mol. The molecule has 0 bridgehead atoms. The molecule has 3 N–H and O–H groups in total. The van der Waals surface area contributed by atoms with Gasteiger partial charge >= 0.3 is 6.18 Å². The highest BCUT2D eigenvalue weighted by Crippen LogP contribution is 2.29. The van der Waals surface area contributed by atoms with Gasteiger partial charge in [0.2, 0.25) is 0 Å². The number of pyridine rings is 2. The third-order valence-corrected chi connectivity index (χ3v) is 4.87. The van der Waals surface area contributed by atoms with E-state index in [-0.39, 0.29) is 16.9 Å². The molecule has 1 fully saturated rings. The molecule has 0 saturated carbocycles. The summed E-state index contributed by atoms with van der Waals surface area (Å²) in [6, 6.07) is 4.18. The zero-order chi connectivity index (χ0) is 22.7. The molecule has 4 heterocycles. The van der Waals surface area contributed by atoms with Gasteiger partial charge in [0.25, 0.3) is 11.8 Å². The molecule has 9 nitrogen and oxygen atoms in total. The van der Waals surface area contributed by atoms with Gasteiger partial charge in [-0.15, -0.1) is 0 Å². The molecule has 0 unspecified atom stereocenters. The lowest BCUT2D eigenvalue weighted by atomic mass is 10.2. The van der Waals surface area contributed by atoms with Gasteiger partial charge in [0.1, 0.15) is 5.82 Å². The Bertz CT molecular complexity index is 1120. The number of aromatic nitrogens is 4. The van der Waals surface area contributed by atoms with E-state index in [0.717, 1.165) is 37.9 Å². The van der Waals surface area contributed by atoms with E-state index in [4.69, 9.17) is 0 Å². The minimum absolute atomic E-state index is 0.00607. The SMILES string of the molecule is O=C(Nc1c[nH]nc1C(=O)Nc1ccc(N2CCCC2)nc1)c1cncc(C(F)(F)F)c1. The lowest BCUT2D eigenvalue weighted by molar-refractivity contribution is -0.137. The van der Waals surface area contributed by atoms with Gasteiger partial charge in [-0.2, -0.15) is 18.3 Å². The highest BCUT2D eigenvalue weighted by Gasteiger charge is 2.31. The molecule has 4 rings (SSSR count). The summed E-state index contributed by atoms with van der Waals surface area (Å²) in [5, 5.41) is 11.3. The van der Waals surface area contributed by atoms with Gasteiger partial charge in [-0.25, -0.2) is 4.98 Å². The molecule has 3 aromatic rings. The first-order chi connectivity index (χ1) is 15.3. The fourth-order valence-electron chi connectivity index (χ4n) is 3.26. The van der Waals surface area contributed by atoms with Crippen molar-refractivity contribution in [2.75, 3.05) is 28.6 Å². The van der Waals surface area contributed by atoms with Gasteiger partial charge in [-0.05, 0) is 31.0 Å². The predicted octanol–water partition coefficient (Wildman–Crippen LogP) is 3.32. The number of nitrogens with zero attached hydrogens (tertiary/aromatic N) is 4. The van der Waals surface area contributed by atoms with E-state index in [1.165, 1.54) is 12.4 Å². The number of anilines is 3. The second-order valence-corrected chi connectivity index (χ2v) is 7.12. The number of alkyl halides is 3. The number of halogens is 3. The zero-order valence-electron chi connectivity index (χ0n) is 16.6. The molecule has 0 spiro atoms. The molecule has 12 heteroatoms. The number of hydrogen-bond acceptors (Lipinski definition) is 6. The van der Waals surface area contributed by atoms with Crippen molar-refractivity contribution in [2.45, 2.75) is 19.0 Å². The Labute approximate surface area is 180 Å². The van der Waals surface area contributed by atoms with E-state index in [2.05, 4.69) is 35.7 Å². The van der Waals surface area contributed by atoms with Crippen LogP contribution in [0.3, 0.4) is 0 Å². The predicted molar refractivity (Wildman–Crippen MR) is 109 cm³/mol. The molecular weight excluding hydrogens is 427 g/mol. The largest absolute Gasteiger partial charge is 0.417 e. The second kappa shape index (κ2) is 8.65. The summed E-state index contributed by atoms with van der Waals surface area (Å²) in [6.07, 6.45) is 1.99. The molecular formula is C20H18F3N7O2. The van der Waals surface area contributed by atoms with E-state index in [1.54, 1.807) is 12.1 Å². The standard InChI is InChI=1S/C20H18F3N7O2/c21-20(22,23)13-7-12(8-24-9-13)18(31)28-15-11-26-29-17(15)19(32)27-14-3-4-16(25-10-14)30-5-1-2-6-30/h3-4,7-11H,1-2,5-6H2,(H,26,29)(H,27,32)(H,28,31). The smallest absolute Gasteiger partial charge is 0.357 e. The van der Waals surface area contributed by atoms with Gasteiger partial charge in [0.05, 0.1) is 28.7 Å². The summed E-state index contributed by atoms with van der Waals surface area (Å²) in [5.74, 6) is -0.668. The normalized spacial score (nSPS) is 13.8. The van der Waals surface area contributed by atoms with Gasteiger partial charge in [0, 0.05) is 31.7 Å². The van der Waals surface area contributed by atoms with Crippen molar-refractivity contribution in [2.24, 2.45) is 0 Å². The average Bonchev–Trinajstić information content (AvgIpc) is 3.46. The molecule has 3 aromatic heterocycles. The number of rotatable bonds is 5. The van der Waals surface area contributed by atoms with E-state index >= 15 is 0 Å². The highest BCUT2D eigenvalue weighted by atomic mass is 19.4. The third kappa shape index (κ3) is 4.68. The fraction of sp³-hybridized carbons (Fsp3) is 0.250. The second-order valence-electron chi connectivity index (χ2n) is 7.12. The molecule has 1 aliphatic rings. The maximum Gasteiger partial charge on any atom is 0.417 e. The first-order valence-electron chi connectivity index (χ1n) is 9.71. The summed E-state index contributed by atoms with van der Waals surface area (Å²) >= 11 is 0. The first-order valence-corrected chi connectivity index (χ1v) is 9.71. The summed E-state index contributed by atoms with van der Waals surface area (Å²) < 4.78 is 38.6. The van der Waals surface area contributed by atoms with Crippen molar-refractivity contribution in [3.05, 3.63) is 59.8 Å². The number of amides is 2. The summed E-state index contributed by atoms with van der Waals surface area (Å²) in [4.78, 5) is 34.9. The van der Waals surface area contributed by atoms with Gasteiger partial charge in [-0.3, -0.25) is 19.7 Å². The van der Waals surface area contributed by atoms with Crippen LogP contribution < -0.4 is 15.5 Å². The van der Waals surface area contributed by atoms with E-state index in [0.29, 0.717) is 18.0 Å². The van der Waals surface area contributed by atoms with Crippen LogP contribution in [0, 0.1) is 0 Å². The molecule has 166 valence electrons. The summed E-state index contributed by atoms with van der Waals surface area (Å²) in [7, 11) is 0. The number of aromatic amines is 1. The van der Waals surface area contributed by atoms with Crippen LogP contribution in [-0.2, 0) is 6.18 Å². The lowest BCUT2D eigenvalue weighted by Gasteiger charge is -2.16. The number of carbonyl (C=O) groups is 2. The number of carbonyl (C=O) groups excluding carboxylic acids is 2. The van der Waals surface area contributed by atoms with E-state index in [1.807, 2.05) is 0 Å². The van der Waals surface area contributed by atoms with Gasteiger partial charge < -0.3 is 15.5 Å². The van der Waals surface area contributed by atoms with Crippen LogP contribution in [-0.4, -0.2) is 45.1 Å². The zero-order valence-corrected chi connectivity index (χ0v) is 16.6. The fourth-order valence-corrected chi connectivity index (χ4v) is 3.26. The van der Waals surface area contributed by atoms with Crippen LogP contribution in [0.1, 0.15) is 39.3 Å². The Kier molecular flexibility index (Phi) is 5.75. The van der Waals surface area contributed by atoms with Crippen molar-refractivity contribution >= 4 is 29.0 Å². The summed E-state index contributed by atoms with van der Waals surface area (Å²) in [6.45, 7) is 1.88. The maximum atomic E-state index is 12.9. The van der Waals surface area contributed by atoms with Crippen molar-refractivity contribution < 1.29 is 22.8 Å². The topological polar surface area (TPSA) is 116 Å². The van der Waals surface area contributed by atoms with E-state index in [9.17, 15) is 22.8 Å². The third-order valence-electron chi connectivity index (χ3n) is 4.87. The number of H-pyrrole nitrogens is 1. The Morgan fingerprint density at radius 3 is 2.50 bits per heavy atom. The molecule has 0 aliphatic carbocycles. The van der Waals surface area contributed by atoms with Crippen molar-refractivity contribution in [3.8, 4) is 0 Å². The van der Waals surface area contributed by atoms with Crippen LogP contribution in [0.15, 0.2) is 43.0 Å². The molecule has 1 saturated heterocycles. The Morgan fingerprint density at radius 2 is 1.81 bits per heavy atom. The Balaban J connectivity index is 1.44. The number of hydrogen-bond donors (Lipinski definition) is 3. The summed E-state index contributed by atoms with van der Waals surface area (Å²) in [5.41, 5.74) is -1.07. The first kappa shape index (κ1) is 21.3. The Hall–Kier alpha value is -3.96. The minimum atomic E-state index is -4.64. The van der Waals surface area contributed by atoms with Crippen molar-refractivity contribution in [3.63, 3.8) is 0 Å². The van der Waals surface area contributed by atoms with Crippen molar-refractivity contribution in [1.29, 1.82) is 0 Å². The van der Waals surface area contributed by atoms with Crippen LogP contribution in [0.4, 0.5) is 30.4 Å². The minimum Gasteiger partial charge on any atom is -0.357 e. The van der Waals surface area contributed by atoms with Gasteiger partial charge in [-0.1, -0.05) is 0 Å². The number of nitrogens with one attached hydrogen (secondary N) is 3. The molecule has 2 amide bonds. The maximum absolute atomic E-state index is 12.9. The monoisotopic (exact) mass is 445 g/mol. The van der Waals surface area contributed by atoms with Crippen LogP contribution in [0.5, 0.6) is 0 Å². The van der Waals surface area contributed by atoms with E-state index < -0.39 is 23.6 Å². The Morgan fingerprint density at radius 1 is 1.03 bits per heavy atom. The quantitative estimate of drug-likeness (QED) is 0.555. The molecule has 0 atom stereocenters. The van der Waals surface area contributed by atoms with Crippen molar-refractivity contribution in [1.82, 2.24) is 20.2 Å². The molecule has 0 radical (unpaired) electrons. The molecule has 32 heavy (non-hydrogen) atoms. The van der Waals surface area contributed by atoms with Gasteiger partial charge in [0.15, 0.2) is 5.69 Å². The van der Waals surface area contributed by atoms with Crippen LogP contribution in [0.25, 0.3) is 0 Å². The lowest BCUT2D eigenvalue weighted by Crippen LogP contribution is -2.20. The van der Waals surface area contributed by atoms with Crippen LogP contribution >= 0.6 is 0 Å². The van der Waals surface area contributed by atoms with Crippen LogP contribution in [0.2, 0.25) is 0 Å². The molecule has 1 aliphatic heterocycles.